The zero-order valence-corrected chi connectivity index (χ0v) is 13.5. The Morgan fingerprint density at radius 2 is 1.91 bits per heavy atom. The average Bonchev–Trinajstić information content (AvgIpc) is 2.81. The monoisotopic (exact) mass is 315 g/mol. The fourth-order valence-electron chi connectivity index (χ4n) is 2.61. The van der Waals surface area contributed by atoms with Gasteiger partial charge in [0.15, 0.2) is 0 Å². The Hall–Kier alpha value is -2.63. The summed E-state index contributed by atoms with van der Waals surface area (Å²) in [6.07, 6.45) is 0.238. The molecule has 1 heterocycles. The zero-order valence-electron chi connectivity index (χ0n) is 13.5. The van der Waals surface area contributed by atoms with Crippen LogP contribution in [-0.4, -0.2) is 32.8 Å². The summed E-state index contributed by atoms with van der Waals surface area (Å²) in [4.78, 5) is 24.0. The number of carbonyl (C=O) groups is 2. The second-order valence-electron chi connectivity index (χ2n) is 5.42. The van der Waals surface area contributed by atoms with Crippen molar-refractivity contribution in [3.05, 3.63) is 52.8 Å². The summed E-state index contributed by atoms with van der Waals surface area (Å²) in [5.74, 6) is -1.46. The number of nitrogens with one attached hydrogen (secondary N) is 1. The number of carboxylic acid groups (broad SMARTS) is 1. The molecule has 0 saturated heterocycles. The van der Waals surface area contributed by atoms with E-state index in [4.69, 9.17) is 0 Å². The summed E-state index contributed by atoms with van der Waals surface area (Å²) < 4.78 is 1.73. The van der Waals surface area contributed by atoms with Gasteiger partial charge in [-0.2, -0.15) is 5.10 Å². The normalized spacial score (nSPS) is 12.0. The van der Waals surface area contributed by atoms with Gasteiger partial charge in [0.2, 0.25) is 0 Å². The predicted molar refractivity (Wildman–Crippen MR) is 86.4 cm³/mol. The summed E-state index contributed by atoms with van der Waals surface area (Å²) in [6.45, 7) is 6.16. The molecule has 1 aromatic carbocycles. The summed E-state index contributed by atoms with van der Waals surface area (Å²) in [7, 11) is 0. The second kappa shape index (κ2) is 7.09. The third-order valence-corrected chi connectivity index (χ3v) is 3.79. The lowest BCUT2D eigenvalue weighted by Gasteiger charge is -2.15. The molecular weight excluding hydrogens is 294 g/mol. The molecule has 0 radical (unpaired) electrons. The van der Waals surface area contributed by atoms with E-state index in [1.807, 2.05) is 44.2 Å². The largest absolute Gasteiger partial charge is 0.480 e. The maximum Gasteiger partial charge on any atom is 0.326 e. The van der Waals surface area contributed by atoms with Crippen LogP contribution in [0.25, 0.3) is 0 Å². The van der Waals surface area contributed by atoms with Crippen LogP contribution in [0.1, 0.15) is 34.2 Å². The average molecular weight is 315 g/mol. The number of aryl methyl sites for hydroxylation is 2. The SMILES string of the molecule is CCn1nc(C)c(C(=O)NC(Cc2ccccc2)C(=O)O)c1C. The molecule has 1 atom stereocenters. The fourth-order valence-corrected chi connectivity index (χ4v) is 2.61. The molecule has 2 rings (SSSR count). The first kappa shape index (κ1) is 16.7. The van der Waals surface area contributed by atoms with Gasteiger partial charge >= 0.3 is 5.97 Å². The van der Waals surface area contributed by atoms with Crippen molar-refractivity contribution in [1.29, 1.82) is 0 Å². The Balaban J connectivity index is 2.19. The summed E-state index contributed by atoms with van der Waals surface area (Å²) in [5, 5.41) is 16.3. The molecule has 0 aliphatic rings. The van der Waals surface area contributed by atoms with Crippen LogP contribution >= 0.6 is 0 Å². The van der Waals surface area contributed by atoms with Gasteiger partial charge in [-0.15, -0.1) is 0 Å². The van der Waals surface area contributed by atoms with E-state index in [1.165, 1.54) is 0 Å². The van der Waals surface area contributed by atoms with E-state index in [9.17, 15) is 14.7 Å². The van der Waals surface area contributed by atoms with Gasteiger partial charge in [-0.3, -0.25) is 9.48 Å². The van der Waals surface area contributed by atoms with Gasteiger partial charge in [0.25, 0.3) is 5.91 Å². The van der Waals surface area contributed by atoms with Crippen molar-refractivity contribution in [1.82, 2.24) is 15.1 Å². The van der Waals surface area contributed by atoms with Gasteiger partial charge in [-0.05, 0) is 26.3 Å². The number of nitrogens with zero attached hydrogens (tertiary/aromatic N) is 2. The van der Waals surface area contributed by atoms with E-state index in [-0.39, 0.29) is 6.42 Å². The molecule has 0 saturated carbocycles. The minimum Gasteiger partial charge on any atom is -0.480 e. The highest BCUT2D eigenvalue weighted by atomic mass is 16.4. The number of amides is 1. The second-order valence-corrected chi connectivity index (χ2v) is 5.42. The summed E-state index contributed by atoms with van der Waals surface area (Å²) in [5.41, 5.74) is 2.65. The highest BCUT2D eigenvalue weighted by Crippen LogP contribution is 2.14. The quantitative estimate of drug-likeness (QED) is 0.853. The van der Waals surface area contributed by atoms with E-state index in [2.05, 4.69) is 10.4 Å². The standard InChI is InChI=1S/C17H21N3O3/c1-4-20-12(3)15(11(2)19-20)16(21)18-14(17(22)23)10-13-8-6-5-7-9-13/h5-9,14H,4,10H2,1-3H3,(H,18,21)(H,22,23). The van der Waals surface area contributed by atoms with Gasteiger partial charge in [-0.1, -0.05) is 30.3 Å². The van der Waals surface area contributed by atoms with Crippen LogP contribution in [0.4, 0.5) is 0 Å². The maximum atomic E-state index is 12.5. The molecule has 0 aliphatic carbocycles. The van der Waals surface area contributed by atoms with Crippen LogP contribution in [-0.2, 0) is 17.8 Å². The summed E-state index contributed by atoms with van der Waals surface area (Å²) >= 11 is 0. The first-order valence-electron chi connectivity index (χ1n) is 7.55. The lowest BCUT2D eigenvalue weighted by molar-refractivity contribution is -0.139. The molecule has 1 amide bonds. The third-order valence-electron chi connectivity index (χ3n) is 3.79. The van der Waals surface area contributed by atoms with Gasteiger partial charge in [0, 0.05) is 18.7 Å². The lowest BCUT2D eigenvalue weighted by Crippen LogP contribution is -2.42. The van der Waals surface area contributed by atoms with Crippen molar-refractivity contribution >= 4 is 11.9 Å². The van der Waals surface area contributed by atoms with E-state index in [0.717, 1.165) is 11.3 Å². The molecule has 2 N–H and O–H groups in total. The van der Waals surface area contributed by atoms with Crippen LogP contribution in [0, 0.1) is 13.8 Å². The molecule has 1 aromatic heterocycles. The van der Waals surface area contributed by atoms with E-state index in [0.29, 0.717) is 17.8 Å². The van der Waals surface area contributed by atoms with Crippen molar-refractivity contribution in [3.63, 3.8) is 0 Å². The molecule has 6 heteroatoms. The number of benzene rings is 1. The highest BCUT2D eigenvalue weighted by molar-refractivity contribution is 5.98. The first-order chi connectivity index (χ1) is 10.9. The van der Waals surface area contributed by atoms with Crippen molar-refractivity contribution in [3.8, 4) is 0 Å². The molecule has 0 fully saturated rings. The van der Waals surface area contributed by atoms with Gasteiger partial charge in [0.05, 0.1) is 11.3 Å². The molecule has 0 bridgehead atoms. The Bertz CT molecular complexity index is 707. The van der Waals surface area contributed by atoms with E-state index < -0.39 is 17.9 Å². The van der Waals surface area contributed by atoms with E-state index >= 15 is 0 Å². The van der Waals surface area contributed by atoms with Crippen molar-refractivity contribution in [2.24, 2.45) is 0 Å². The van der Waals surface area contributed by atoms with Crippen LogP contribution < -0.4 is 5.32 Å². The number of rotatable bonds is 6. The molecule has 23 heavy (non-hydrogen) atoms. The summed E-state index contributed by atoms with van der Waals surface area (Å²) in [6, 6.07) is 8.25. The maximum absolute atomic E-state index is 12.5. The van der Waals surface area contributed by atoms with Gasteiger partial charge in [-0.25, -0.2) is 4.79 Å². The molecule has 1 unspecified atom stereocenters. The molecular formula is C17H21N3O3. The molecule has 0 aliphatic heterocycles. The Labute approximate surface area is 135 Å². The Kier molecular flexibility index (Phi) is 5.16. The van der Waals surface area contributed by atoms with Gasteiger partial charge in [0.1, 0.15) is 6.04 Å². The van der Waals surface area contributed by atoms with Crippen molar-refractivity contribution in [2.45, 2.75) is 39.8 Å². The fraction of sp³-hybridized carbons (Fsp3) is 0.353. The van der Waals surface area contributed by atoms with Crippen LogP contribution in [0.3, 0.4) is 0 Å². The number of aliphatic carboxylic acids is 1. The molecule has 2 aromatic rings. The van der Waals surface area contributed by atoms with Gasteiger partial charge < -0.3 is 10.4 Å². The number of hydrogen-bond acceptors (Lipinski definition) is 3. The molecule has 0 spiro atoms. The van der Waals surface area contributed by atoms with E-state index in [1.54, 1.807) is 11.6 Å². The number of aromatic nitrogens is 2. The first-order valence-corrected chi connectivity index (χ1v) is 7.55. The van der Waals surface area contributed by atoms with Crippen molar-refractivity contribution < 1.29 is 14.7 Å². The minimum atomic E-state index is -1.06. The number of hydrogen-bond donors (Lipinski definition) is 2. The Morgan fingerprint density at radius 3 is 2.43 bits per heavy atom. The zero-order chi connectivity index (χ0) is 17.0. The highest BCUT2D eigenvalue weighted by Gasteiger charge is 2.24. The smallest absolute Gasteiger partial charge is 0.326 e. The lowest BCUT2D eigenvalue weighted by atomic mass is 10.1. The van der Waals surface area contributed by atoms with Crippen LogP contribution in [0.5, 0.6) is 0 Å². The topological polar surface area (TPSA) is 84.2 Å². The van der Waals surface area contributed by atoms with Crippen LogP contribution in [0.2, 0.25) is 0 Å². The number of carboxylic acids is 1. The predicted octanol–water partition coefficient (Wildman–Crippen LogP) is 1.95. The third kappa shape index (κ3) is 3.77. The molecule has 6 nitrogen and oxygen atoms in total. The minimum absolute atomic E-state index is 0.238. The molecule has 122 valence electrons. The van der Waals surface area contributed by atoms with Crippen LogP contribution in [0.15, 0.2) is 30.3 Å². The van der Waals surface area contributed by atoms with Crippen molar-refractivity contribution in [2.75, 3.05) is 0 Å². The Morgan fingerprint density at radius 1 is 1.26 bits per heavy atom. The number of carbonyl (C=O) groups excluding carboxylic acids is 1.